The Bertz CT molecular complexity index is 399. The van der Waals surface area contributed by atoms with Crippen molar-refractivity contribution in [3.63, 3.8) is 0 Å². The molecule has 0 radical (unpaired) electrons. The molecule has 1 aromatic carbocycles. The Hall–Kier alpha value is -0.730. The number of nitrogens with zero attached hydrogens (tertiary/aromatic N) is 1. The second-order valence-electron chi connectivity index (χ2n) is 5.42. The summed E-state index contributed by atoms with van der Waals surface area (Å²) < 4.78 is 0. The molecule has 1 aromatic rings. The predicted octanol–water partition coefficient (Wildman–Crippen LogP) is 4.02. The van der Waals surface area contributed by atoms with Crippen molar-refractivity contribution < 1.29 is 5.11 Å². The topological polar surface area (TPSA) is 23.5 Å². The van der Waals surface area contributed by atoms with Crippen LogP contribution in [-0.4, -0.2) is 18.7 Å². The maximum absolute atomic E-state index is 9.54. The average Bonchev–Trinajstić information content (AvgIpc) is 2.81. The molecule has 1 N–H and O–H groups in total. The van der Waals surface area contributed by atoms with Crippen molar-refractivity contribution in [3.05, 3.63) is 28.8 Å². The molecule has 1 atom stereocenters. The van der Waals surface area contributed by atoms with Crippen LogP contribution in [-0.2, 0) is 0 Å². The number of hydrogen-bond acceptors (Lipinski definition) is 2. The minimum atomic E-state index is -0.461. The second kappa shape index (κ2) is 5.94. The number of aliphatic hydroxyl groups is 1. The number of halogens is 1. The zero-order valence-corrected chi connectivity index (χ0v) is 12.0. The number of anilines is 1. The van der Waals surface area contributed by atoms with Crippen molar-refractivity contribution in [2.24, 2.45) is 5.92 Å². The molecule has 2 nitrogen and oxygen atoms in total. The van der Waals surface area contributed by atoms with Crippen LogP contribution in [0.15, 0.2) is 18.2 Å². The Labute approximate surface area is 115 Å². The van der Waals surface area contributed by atoms with E-state index in [4.69, 9.17) is 11.6 Å². The first-order chi connectivity index (χ1) is 8.58. The molecular weight excluding hydrogens is 246 g/mol. The number of aliphatic hydroxyl groups excluding tert-OH is 1. The summed E-state index contributed by atoms with van der Waals surface area (Å²) in [5, 5.41) is 10.3. The van der Waals surface area contributed by atoms with E-state index in [-0.39, 0.29) is 0 Å². The molecule has 0 amide bonds. The van der Waals surface area contributed by atoms with Gasteiger partial charge in [-0.1, -0.05) is 30.5 Å². The highest BCUT2D eigenvalue weighted by atomic mass is 35.5. The summed E-state index contributed by atoms with van der Waals surface area (Å²) in [7, 11) is 2.10. The lowest BCUT2D eigenvalue weighted by molar-refractivity contribution is 0.199. The smallest absolute Gasteiger partial charge is 0.0762 e. The molecule has 0 saturated heterocycles. The lowest BCUT2D eigenvalue weighted by atomic mass is 10.1. The van der Waals surface area contributed by atoms with Gasteiger partial charge in [-0.2, -0.15) is 0 Å². The fourth-order valence-corrected chi connectivity index (χ4v) is 3.10. The quantitative estimate of drug-likeness (QED) is 0.891. The Morgan fingerprint density at radius 1 is 1.39 bits per heavy atom. The summed E-state index contributed by atoms with van der Waals surface area (Å²) in [4.78, 5) is 2.24. The number of rotatable bonds is 4. The molecule has 0 heterocycles. The molecule has 0 aromatic heterocycles. The first kappa shape index (κ1) is 13.7. The average molecular weight is 268 g/mol. The Morgan fingerprint density at radius 3 is 2.61 bits per heavy atom. The fraction of sp³-hybridized carbons (Fsp3) is 0.600. The van der Waals surface area contributed by atoms with E-state index in [1.54, 1.807) is 6.92 Å². The first-order valence-corrected chi connectivity index (χ1v) is 7.14. The van der Waals surface area contributed by atoms with Gasteiger partial charge in [-0.25, -0.2) is 0 Å². The Morgan fingerprint density at radius 2 is 2.06 bits per heavy atom. The van der Waals surface area contributed by atoms with Crippen LogP contribution in [0.5, 0.6) is 0 Å². The lowest BCUT2D eigenvalue weighted by Gasteiger charge is -2.24. The van der Waals surface area contributed by atoms with Gasteiger partial charge in [0.25, 0.3) is 0 Å². The van der Waals surface area contributed by atoms with Crippen molar-refractivity contribution in [1.82, 2.24) is 0 Å². The van der Waals surface area contributed by atoms with Crippen molar-refractivity contribution in [3.8, 4) is 0 Å². The standard InChI is InChI=1S/C15H22ClNO/c1-11(18)13-7-8-15(14(16)9-13)17(2)10-12-5-3-4-6-12/h7-9,11-12,18H,3-6,10H2,1-2H3. The normalized spacial score (nSPS) is 18.0. The molecule has 0 spiro atoms. The van der Waals surface area contributed by atoms with Crippen molar-refractivity contribution in [2.75, 3.05) is 18.5 Å². The van der Waals surface area contributed by atoms with Crippen LogP contribution in [0.1, 0.15) is 44.3 Å². The van der Waals surface area contributed by atoms with Gasteiger partial charge < -0.3 is 10.0 Å². The van der Waals surface area contributed by atoms with E-state index >= 15 is 0 Å². The van der Waals surface area contributed by atoms with Crippen LogP contribution in [0.3, 0.4) is 0 Å². The van der Waals surface area contributed by atoms with E-state index in [2.05, 4.69) is 11.9 Å². The molecule has 1 saturated carbocycles. The molecule has 1 unspecified atom stereocenters. The van der Waals surface area contributed by atoms with E-state index in [0.717, 1.165) is 28.7 Å². The minimum Gasteiger partial charge on any atom is -0.389 e. The molecule has 1 aliphatic carbocycles. The van der Waals surface area contributed by atoms with Crippen LogP contribution < -0.4 is 4.90 Å². The Balaban J connectivity index is 2.07. The molecule has 3 heteroatoms. The van der Waals surface area contributed by atoms with Crippen LogP contribution in [0.2, 0.25) is 5.02 Å². The van der Waals surface area contributed by atoms with Crippen molar-refractivity contribution >= 4 is 17.3 Å². The summed E-state index contributed by atoms with van der Waals surface area (Å²) in [5.41, 5.74) is 1.94. The van der Waals surface area contributed by atoms with Crippen LogP contribution in [0.4, 0.5) is 5.69 Å². The van der Waals surface area contributed by atoms with Gasteiger partial charge in [-0.05, 0) is 43.4 Å². The summed E-state index contributed by atoms with van der Waals surface area (Å²) in [6.45, 7) is 2.83. The van der Waals surface area contributed by atoms with E-state index in [0.29, 0.717) is 0 Å². The highest BCUT2D eigenvalue weighted by Crippen LogP contribution is 2.31. The van der Waals surface area contributed by atoms with Gasteiger partial charge in [0.2, 0.25) is 0 Å². The third-order valence-electron chi connectivity index (χ3n) is 3.87. The molecule has 1 fully saturated rings. The highest BCUT2D eigenvalue weighted by Gasteiger charge is 2.18. The van der Waals surface area contributed by atoms with Crippen molar-refractivity contribution in [1.29, 1.82) is 0 Å². The van der Waals surface area contributed by atoms with E-state index in [9.17, 15) is 5.11 Å². The van der Waals surface area contributed by atoms with Crippen LogP contribution in [0.25, 0.3) is 0 Å². The maximum Gasteiger partial charge on any atom is 0.0762 e. The molecule has 0 bridgehead atoms. The molecule has 2 rings (SSSR count). The van der Waals surface area contributed by atoms with Crippen molar-refractivity contribution in [2.45, 2.75) is 38.7 Å². The predicted molar refractivity (Wildman–Crippen MR) is 77.3 cm³/mol. The fourth-order valence-electron chi connectivity index (χ4n) is 2.77. The summed E-state index contributed by atoms with van der Waals surface area (Å²) >= 11 is 6.30. The van der Waals surface area contributed by atoms with Gasteiger partial charge >= 0.3 is 0 Å². The molecule has 1 aliphatic rings. The molecule has 0 aliphatic heterocycles. The summed E-state index contributed by atoms with van der Waals surface area (Å²) in [5.74, 6) is 0.808. The first-order valence-electron chi connectivity index (χ1n) is 6.76. The minimum absolute atomic E-state index is 0.461. The summed E-state index contributed by atoms with van der Waals surface area (Å²) in [6, 6.07) is 5.84. The van der Waals surface area contributed by atoms with Gasteiger partial charge in [-0.15, -0.1) is 0 Å². The SMILES string of the molecule is CC(O)c1ccc(N(C)CC2CCCC2)c(Cl)c1. The van der Waals surface area contributed by atoms with Gasteiger partial charge in [0.05, 0.1) is 16.8 Å². The van der Waals surface area contributed by atoms with Gasteiger partial charge in [-0.3, -0.25) is 0 Å². The highest BCUT2D eigenvalue weighted by molar-refractivity contribution is 6.33. The van der Waals surface area contributed by atoms with E-state index in [1.165, 1.54) is 25.7 Å². The van der Waals surface area contributed by atoms with E-state index < -0.39 is 6.10 Å². The zero-order valence-electron chi connectivity index (χ0n) is 11.2. The maximum atomic E-state index is 9.54. The number of benzene rings is 1. The largest absolute Gasteiger partial charge is 0.389 e. The third kappa shape index (κ3) is 3.18. The Kier molecular flexibility index (Phi) is 4.52. The van der Waals surface area contributed by atoms with Crippen LogP contribution in [0, 0.1) is 5.92 Å². The monoisotopic (exact) mass is 267 g/mol. The molecular formula is C15H22ClNO. The molecule has 18 heavy (non-hydrogen) atoms. The second-order valence-corrected chi connectivity index (χ2v) is 5.83. The zero-order chi connectivity index (χ0) is 13.1. The van der Waals surface area contributed by atoms with Gasteiger partial charge in [0.1, 0.15) is 0 Å². The van der Waals surface area contributed by atoms with Gasteiger partial charge in [0.15, 0.2) is 0 Å². The van der Waals surface area contributed by atoms with E-state index in [1.807, 2.05) is 18.2 Å². The third-order valence-corrected chi connectivity index (χ3v) is 4.17. The number of hydrogen-bond donors (Lipinski definition) is 1. The summed E-state index contributed by atoms with van der Waals surface area (Å²) in [6.07, 6.45) is 4.96. The van der Waals surface area contributed by atoms with Crippen LogP contribution >= 0.6 is 11.6 Å². The molecule has 100 valence electrons. The lowest BCUT2D eigenvalue weighted by Crippen LogP contribution is -2.24. The van der Waals surface area contributed by atoms with Gasteiger partial charge in [0, 0.05) is 13.6 Å².